The number of hydrazine groups is 1. The molecule has 0 aliphatic heterocycles. The Morgan fingerprint density at radius 3 is 2.63 bits per heavy atom. The van der Waals surface area contributed by atoms with E-state index in [1.807, 2.05) is 6.92 Å². The number of nitro benzene ring substituents is 1. The van der Waals surface area contributed by atoms with E-state index in [-0.39, 0.29) is 5.76 Å². The predicted molar refractivity (Wildman–Crippen MR) is 121 cm³/mol. The zero-order valence-electron chi connectivity index (χ0n) is 18.5. The Labute approximate surface area is 198 Å². The first-order valence-corrected chi connectivity index (χ1v) is 10.4. The quantitative estimate of drug-likeness (QED) is 0.0775. The summed E-state index contributed by atoms with van der Waals surface area (Å²) in [4.78, 5) is 47.8. The average molecular weight is 483 g/mol. The number of esters is 2. The summed E-state index contributed by atoms with van der Waals surface area (Å²) in [5, 5.41) is 21.1. The van der Waals surface area contributed by atoms with Crippen molar-refractivity contribution in [2.75, 3.05) is 6.61 Å². The van der Waals surface area contributed by atoms with Gasteiger partial charge in [0.05, 0.1) is 23.4 Å². The molecule has 3 rings (SSSR count). The molecule has 182 valence electrons. The lowest BCUT2D eigenvalue weighted by atomic mass is 10.0. The van der Waals surface area contributed by atoms with Crippen LogP contribution in [0, 0.1) is 10.1 Å². The molecule has 1 heterocycles. The number of benzene rings is 2. The average Bonchev–Trinajstić information content (AvgIpc) is 3.33. The fourth-order valence-electron chi connectivity index (χ4n) is 3.21. The summed E-state index contributed by atoms with van der Waals surface area (Å²) in [7, 11) is 0. The van der Waals surface area contributed by atoms with Crippen LogP contribution in [0.5, 0.6) is 11.5 Å². The molecular weight excluding hydrogens is 462 g/mol. The van der Waals surface area contributed by atoms with Crippen molar-refractivity contribution in [1.29, 1.82) is 0 Å². The highest BCUT2D eigenvalue weighted by Gasteiger charge is 2.33. The van der Waals surface area contributed by atoms with Gasteiger partial charge >= 0.3 is 17.6 Å². The number of ether oxygens (including phenoxy) is 2. The van der Waals surface area contributed by atoms with Crippen LogP contribution in [0.15, 0.2) is 53.1 Å². The monoisotopic (exact) mass is 483 g/mol. The van der Waals surface area contributed by atoms with E-state index in [0.717, 1.165) is 25.0 Å². The number of nitrogens with one attached hydrogen (secondary N) is 1. The van der Waals surface area contributed by atoms with Crippen LogP contribution in [0.2, 0.25) is 0 Å². The maximum absolute atomic E-state index is 12.7. The third-order valence-electron chi connectivity index (χ3n) is 4.86. The number of nitrogens with zero attached hydrogens (tertiary/aromatic N) is 1. The van der Waals surface area contributed by atoms with Crippen LogP contribution in [0.25, 0.3) is 11.1 Å². The Morgan fingerprint density at radius 2 is 1.94 bits per heavy atom. The topological polar surface area (TPSA) is 184 Å². The summed E-state index contributed by atoms with van der Waals surface area (Å²) in [6, 6.07) is 10.1. The molecule has 0 spiro atoms. The number of amides is 1. The molecule has 4 N–H and O–H groups in total. The molecular formula is C23H21N3O9. The number of phenolic OH excluding ortho intramolecular Hbond substituents is 1. The van der Waals surface area contributed by atoms with Crippen molar-refractivity contribution in [3.63, 3.8) is 0 Å². The fourth-order valence-corrected chi connectivity index (χ4v) is 3.21. The zero-order chi connectivity index (χ0) is 25.5. The van der Waals surface area contributed by atoms with Crippen molar-refractivity contribution in [2.45, 2.75) is 19.8 Å². The molecule has 0 aliphatic carbocycles. The van der Waals surface area contributed by atoms with Crippen LogP contribution in [0.4, 0.5) is 5.69 Å². The van der Waals surface area contributed by atoms with Gasteiger partial charge in [-0.3, -0.25) is 20.3 Å². The molecule has 0 saturated heterocycles. The van der Waals surface area contributed by atoms with Gasteiger partial charge in [0.2, 0.25) is 5.76 Å². The summed E-state index contributed by atoms with van der Waals surface area (Å²) < 4.78 is 15.7. The summed E-state index contributed by atoms with van der Waals surface area (Å²) >= 11 is 0. The number of furan rings is 1. The van der Waals surface area contributed by atoms with Crippen molar-refractivity contribution in [3.8, 4) is 22.6 Å². The highest BCUT2D eigenvalue weighted by atomic mass is 16.6. The van der Waals surface area contributed by atoms with Gasteiger partial charge in [0, 0.05) is 5.56 Å². The Kier molecular flexibility index (Phi) is 7.79. The molecule has 0 saturated carbocycles. The van der Waals surface area contributed by atoms with Gasteiger partial charge in [-0.2, -0.15) is 0 Å². The number of carbonyl (C=O) groups is 3. The standard InChI is InChI=1S/C23H21N3O9/c1-2-3-10-33-14-6-4-5-13(12-14)15-9-11-34-20(15)23(30)35-22(29)16-7-8-17(27)19(26(31)32)18(16)21(28)25-24/h4-9,11-12,27H,2-3,10,24H2,1H3,(H,25,28). The van der Waals surface area contributed by atoms with Gasteiger partial charge in [-0.25, -0.2) is 15.4 Å². The highest BCUT2D eigenvalue weighted by Crippen LogP contribution is 2.33. The molecule has 0 bridgehead atoms. The number of rotatable bonds is 9. The zero-order valence-corrected chi connectivity index (χ0v) is 18.5. The number of nitrogen functional groups attached to an aromatic ring is 1. The number of nitrogens with two attached hydrogens (primary N) is 1. The van der Waals surface area contributed by atoms with Gasteiger partial charge in [-0.15, -0.1) is 0 Å². The largest absolute Gasteiger partial charge is 0.502 e. The Hall–Kier alpha value is -4.71. The van der Waals surface area contributed by atoms with Crippen LogP contribution < -0.4 is 16.0 Å². The molecule has 1 amide bonds. The Bertz CT molecular complexity index is 1280. The molecule has 2 aromatic carbocycles. The predicted octanol–water partition coefficient (Wildman–Crippen LogP) is 3.34. The van der Waals surface area contributed by atoms with E-state index in [1.54, 1.807) is 29.7 Å². The molecule has 12 nitrogen and oxygen atoms in total. The second-order valence-corrected chi connectivity index (χ2v) is 7.16. The van der Waals surface area contributed by atoms with Gasteiger partial charge in [0.25, 0.3) is 5.91 Å². The van der Waals surface area contributed by atoms with E-state index < -0.39 is 45.3 Å². The molecule has 0 radical (unpaired) electrons. The molecule has 3 aromatic rings. The van der Waals surface area contributed by atoms with E-state index in [0.29, 0.717) is 23.5 Å². The van der Waals surface area contributed by atoms with Gasteiger partial charge in [0.15, 0.2) is 5.75 Å². The normalized spacial score (nSPS) is 10.5. The summed E-state index contributed by atoms with van der Waals surface area (Å²) in [6.45, 7) is 2.55. The van der Waals surface area contributed by atoms with Crippen LogP contribution >= 0.6 is 0 Å². The summed E-state index contributed by atoms with van der Waals surface area (Å²) in [5.74, 6) is 0.583. The second-order valence-electron chi connectivity index (χ2n) is 7.16. The number of carbonyl (C=O) groups excluding carboxylic acids is 3. The minimum atomic E-state index is -1.39. The van der Waals surface area contributed by atoms with Crippen LogP contribution in [0.1, 0.15) is 51.0 Å². The lowest BCUT2D eigenvalue weighted by molar-refractivity contribution is -0.386. The van der Waals surface area contributed by atoms with Crippen LogP contribution in [0.3, 0.4) is 0 Å². The van der Waals surface area contributed by atoms with Gasteiger partial charge in [0.1, 0.15) is 11.3 Å². The third kappa shape index (κ3) is 5.45. The SMILES string of the molecule is CCCCOc1cccc(-c2ccoc2C(=O)OC(=O)c2ccc(O)c([N+](=O)[O-])c2C(=O)NN)c1. The lowest BCUT2D eigenvalue weighted by Crippen LogP contribution is -2.32. The summed E-state index contributed by atoms with van der Waals surface area (Å²) in [5.41, 5.74) is -0.0922. The fraction of sp³-hybridized carbons (Fsp3) is 0.174. The summed E-state index contributed by atoms with van der Waals surface area (Å²) in [6.07, 6.45) is 3.05. The molecule has 35 heavy (non-hydrogen) atoms. The van der Waals surface area contributed by atoms with Crippen molar-refractivity contribution in [1.82, 2.24) is 5.43 Å². The van der Waals surface area contributed by atoms with Crippen LogP contribution in [-0.2, 0) is 4.74 Å². The number of phenols is 1. The minimum absolute atomic E-state index is 0.306. The molecule has 1 aromatic heterocycles. The van der Waals surface area contributed by atoms with Gasteiger partial charge in [-0.05, 0) is 42.3 Å². The van der Waals surface area contributed by atoms with Crippen molar-refractivity contribution < 1.29 is 38.3 Å². The van der Waals surface area contributed by atoms with Crippen molar-refractivity contribution in [2.24, 2.45) is 5.84 Å². The molecule has 0 atom stereocenters. The highest BCUT2D eigenvalue weighted by molar-refractivity contribution is 6.12. The second kappa shape index (κ2) is 10.9. The first kappa shape index (κ1) is 24.9. The smallest absolute Gasteiger partial charge is 0.382 e. The van der Waals surface area contributed by atoms with Crippen molar-refractivity contribution >= 4 is 23.5 Å². The van der Waals surface area contributed by atoms with E-state index in [9.17, 15) is 29.6 Å². The first-order chi connectivity index (χ1) is 16.8. The van der Waals surface area contributed by atoms with Crippen molar-refractivity contribution in [3.05, 3.63) is 75.7 Å². The van der Waals surface area contributed by atoms with E-state index in [1.165, 1.54) is 12.3 Å². The Morgan fingerprint density at radius 1 is 1.17 bits per heavy atom. The maximum atomic E-state index is 12.7. The number of aromatic hydroxyl groups is 1. The van der Waals surface area contributed by atoms with E-state index in [4.69, 9.17) is 19.7 Å². The number of hydrogen-bond donors (Lipinski definition) is 3. The molecule has 0 fully saturated rings. The Balaban J connectivity index is 1.90. The minimum Gasteiger partial charge on any atom is -0.502 e. The molecule has 0 unspecified atom stereocenters. The number of hydrogen-bond acceptors (Lipinski definition) is 10. The van der Waals surface area contributed by atoms with Gasteiger partial charge in [-0.1, -0.05) is 25.5 Å². The van der Waals surface area contributed by atoms with E-state index in [2.05, 4.69) is 0 Å². The molecule has 12 heteroatoms. The number of nitro groups is 1. The maximum Gasteiger partial charge on any atom is 0.382 e. The van der Waals surface area contributed by atoms with E-state index >= 15 is 0 Å². The number of unbranched alkanes of at least 4 members (excludes halogenated alkanes) is 1. The third-order valence-corrected chi connectivity index (χ3v) is 4.86. The lowest BCUT2D eigenvalue weighted by Gasteiger charge is -2.10. The first-order valence-electron chi connectivity index (χ1n) is 10.4. The van der Waals surface area contributed by atoms with Crippen LogP contribution in [-0.4, -0.2) is 34.5 Å². The molecule has 0 aliphatic rings. The van der Waals surface area contributed by atoms with Gasteiger partial charge < -0.3 is 19.0 Å².